The fourth-order valence-electron chi connectivity index (χ4n) is 1.46. The van der Waals surface area contributed by atoms with Crippen LogP contribution in [-0.4, -0.2) is 16.5 Å². The van der Waals surface area contributed by atoms with Crippen LogP contribution in [0.2, 0.25) is 0 Å². The molecule has 2 heteroatoms. The first-order valence-electron chi connectivity index (χ1n) is 4.13. The molecule has 0 aromatic rings. The molecule has 0 atom stereocenters. The second-order valence-electron chi connectivity index (χ2n) is 4.07. The third kappa shape index (κ3) is 1.09. The summed E-state index contributed by atoms with van der Waals surface area (Å²) in [4.78, 5) is 11.1. The highest BCUT2D eigenvalue weighted by Crippen LogP contribution is 2.46. The summed E-state index contributed by atoms with van der Waals surface area (Å²) in [6.45, 7) is 5.21. The summed E-state index contributed by atoms with van der Waals surface area (Å²) in [5.74, 6) is 0.0831. The summed E-state index contributed by atoms with van der Waals surface area (Å²) in [6.07, 6.45) is 2.60. The molecule has 0 heterocycles. The molecule has 64 valence electrons. The number of aliphatic hydroxyl groups is 1. The van der Waals surface area contributed by atoms with Gasteiger partial charge in [0.15, 0.2) is 0 Å². The minimum atomic E-state index is -0.709. The van der Waals surface area contributed by atoms with E-state index in [1.165, 1.54) is 0 Å². The van der Waals surface area contributed by atoms with Crippen molar-refractivity contribution >= 4 is 5.78 Å². The van der Waals surface area contributed by atoms with E-state index in [4.69, 9.17) is 0 Å². The molecule has 0 radical (unpaired) electrons. The van der Waals surface area contributed by atoms with Crippen molar-refractivity contribution in [2.75, 3.05) is 0 Å². The van der Waals surface area contributed by atoms with Crippen LogP contribution >= 0.6 is 0 Å². The van der Waals surface area contributed by atoms with Crippen molar-refractivity contribution in [3.8, 4) is 0 Å². The topological polar surface area (TPSA) is 37.3 Å². The molecule has 0 bridgehead atoms. The highest BCUT2D eigenvalue weighted by atomic mass is 16.3. The third-order valence-corrected chi connectivity index (χ3v) is 3.22. The summed E-state index contributed by atoms with van der Waals surface area (Å²) in [5.41, 5.74) is -1.26. The van der Waals surface area contributed by atoms with E-state index in [0.717, 1.165) is 19.3 Å². The molecule has 0 saturated heterocycles. The van der Waals surface area contributed by atoms with Crippen molar-refractivity contribution in [2.24, 2.45) is 5.41 Å². The molecule has 0 amide bonds. The van der Waals surface area contributed by atoms with Crippen LogP contribution in [0.1, 0.15) is 40.0 Å². The Morgan fingerprint density at radius 1 is 1.45 bits per heavy atom. The number of ketones is 1. The zero-order chi connectivity index (χ0) is 8.70. The summed E-state index contributed by atoms with van der Waals surface area (Å²) >= 11 is 0. The van der Waals surface area contributed by atoms with Gasteiger partial charge in [0.1, 0.15) is 5.78 Å². The first kappa shape index (κ1) is 8.72. The first-order chi connectivity index (χ1) is 4.90. The second-order valence-corrected chi connectivity index (χ2v) is 4.07. The van der Waals surface area contributed by atoms with Crippen molar-refractivity contribution in [1.82, 2.24) is 0 Å². The maximum atomic E-state index is 11.1. The lowest BCUT2D eigenvalue weighted by atomic mass is 9.61. The van der Waals surface area contributed by atoms with Crippen LogP contribution in [0, 0.1) is 5.41 Å². The molecule has 1 aliphatic carbocycles. The van der Waals surface area contributed by atoms with Crippen molar-refractivity contribution in [1.29, 1.82) is 0 Å². The molecular formula is C9H16O2. The van der Waals surface area contributed by atoms with Crippen LogP contribution in [0.25, 0.3) is 0 Å². The average molecular weight is 156 g/mol. The molecule has 0 spiro atoms. The van der Waals surface area contributed by atoms with Crippen molar-refractivity contribution < 1.29 is 9.90 Å². The van der Waals surface area contributed by atoms with Crippen LogP contribution in [0.15, 0.2) is 0 Å². The molecule has 2 nitrogen and oxygen atoms in total. The van der Waals surface area contributed by atoms with Crippen molar-refractivity contribution in [2.45, 2.75) is 45.6 Å². The molecule has 0 aromatic carbocycles. The molecule has 1 rings (SSSR count). The van der Waals surface area contributed by atoms with Crippen LogP contribution < -0.4 is 0 Å². The van der Waals surface area contributed by atoms with Gasteiger partial charge in [-0.05, 0) is 26.2 Å². The van der Waals surface area contributed by atoms with E-state index in [0.29, 0.717) is 0 Å². The SMILES string of the molecule is CC(=O)C(C)(C)C1(O)CCC1. The van der Waals surface area contributed by atoms with E-state index in [-0.39, 0.29) is 5.78 Å². The Kier molecular flexibility index (Phi) is 1.83. The van der Waals surface area contributed by atoms with E-state index in [2.05, 4.69) is 0 Å². The van der Waals surface area contributed by atoms with Gasteiger partial charge in [-0.15, -0.1) is 0 Å². The van der Waals surface area contributed by atoms with Gasteiger partial charge in [0, 0.05) is 0 Å². The predicted molar refractivity (Wildman–Crippen MR) is 43.3 cm³/mol. The van der Waals surface area contributed by atoms with E-state index in [1.807, 2.05) is 13.8 Å². The molecule has 1 saturated carbocycles. The molecule has 1 N–H and O–H groups in total. The fraction of sp³-hybridized carbons (Fsp3) is 0.889. The van der Waals surface area contributed by atoms with Crippen LogP contribution in [0.3, 0.4) is 0 Å². The maximum Gasteiger partial charge on any atom is 0.138 e. The number of hydrogen-bond acceptors (Lipinski definition) is 2. The number of hydrogen-bond donors (Lipinski definition) is 1. The molecule has 0 aromatic heterocycles. The Hall–Kier alpha value is -0.370. The third-order valence-electron chi connectivity index (χ3n) is 3.22. The Morgan fingerprint density at radius 3 is 2.00 bits per heavy atom. The van der Waals surface area contributed by atoms with Gasteiger partial charge in [0.05, 0.1) is 11.0 Å². The molecule has 1 fully saturated rings. The van der Waals surface area contributed by atoms with E-state index < -0.39 is 11.0 Å². The predicted octanol–water partition coefficient (Wildman–Crippen LogP) is 1.52. The zero-order valence-corrected chi connectivity index (χ0v) is 7.48. The van der Waals surface area contributed by atoms with Gasteiger partial charge in [0.25, 0.3) is 0 Å². The smallest absolute Gasteiger partial charge is 0.138 e. The minimum Gasteiger partial charge on any atom is -0.389 e. The van der Waals surface area contributed by atoms with E-state index in [1.54, 1.807) is 6.92 Å². The second kappa shape index (κ2) is 2.31. The van der Waals surface area contributed by atoms with Gasteiger partial charge in [-0.25, -0.2) is 0 Å². The molecular weight excluding hydrogens is 140 g/mol. The van der Waals surface area contributed by atoms with Crippen LogP contribution in [0.5, 0.6) is 0 Å². The molecule has 1 aliphatic rings. The Morgan fingerprint density at radius 2 is 1.91 bits per heavy atom. The quantitative estimate of drug-likeness (QED) is 0.658. The van der Waals surface area contributed by atoms with Gasteiger partial charge in [-0.3, -0.25) is 4.79 Å². The highest BCUT2D eigenvalue weighted by Gasteiger charge is 2.50. The van der Waals surface area contributed by atoms with Gasteiger partial charge < -0.3 is 5.11 Å². The number of rotatable bonds is 2. The molecule has 0 aliphatic heterocycles. The lowest BCUT2D eigenvalue weighted by molar-refractivity contribution is -0.156. The van der Waals surface area contributed by atoms with Gasteiger partial charge >= 0.3 is 0 Å². The fourth-order valence-corrected chi connectivity index (χ4v) is 1.46. The largest absolute Gasteiger partial charge is 0.389 e. The molecule has 0 unspecified atom stereocenters. The Labute approximate surface area is 67.6 Å². The van der Waals surface area contributed by atoms with Crippen LogP contribution in [0.4, 0.5) is 0 Å². The summed E-state index contributed by atoms with van der Waals surface area (Å²) in [5, 5.41) is 9.89. The van der Waals surface area contributed by atoms with Gasteiger partial charge in [-0.2, -0.15) is 0 Å². The Balaban J connectivity index is 2.78. The average Bonchev–Trinajstić information content (AvgIpc) is 1.82. The monoisotopic (exact) mass is 156 g/mol. The van der Waals surface area contributed by atoms with Crippen molar-refractivity contribution in [3.05, 3.63) is 0 Å². The standard InChI is InChI=1S/C9H16O2/c1-7(10)8(2,3)9(11)5-4-6-9/h11H,4-6H2,1-3H3. The summed E-state index contributed by atoms with van der Waals surface area (Å²) < 4.78 is 0. The van der Waals surface area contributed by atoms with Crippen molar-refractivity contribution in [3.63, 3.8) is 0 Å². The first-order valence-corrected chi connectivity index (χ1v) is 4.13. The maximum absolute atomic E-state index is 11.1. The minimum absolute atomic E-state index is 0.0831. The van der Waals surface area contributed by atoms with Crippen LogP contribution in [-0.2, 0) is 4.79 Å². The zero-order valence-electron chi connectivity index (χ0n) is 7.48. The van der Waals surface area contributed by atoms with E-state index in [9.17, 15) is 9.90 Å². The van der Waals surface area contributed by atoms with Gasteiger partial charge in [-0.1, -0.05) is 13.8 Å². The molecule has 11 heavy (non-hydrogen) atoms. The number of Topliss-reactive ketones (excluding diaryl/α,β-unsaturated/α-hetero) is 1. The lowest BCUT2D eigenvalue weighted by Gasteiger charge is -2.47. The summed E-state index contributed by atoms with van der Waals surface area (Å²) in [6, 6.07) is 0. The number of carbonyl (C=O) groups excluding carboxylic acids is 1. The number of carbonyl (C=O) groups is 1. The van der Waals surface area contributed by atoms with E-state index >= 15 is 0 Å². The normalized spacial score (nSPS) is 22.5. The van der Waals surface area contributed by atoms with Gasteiger partial charge in [0.2, 0.25) is 0 Å². The Bertz CT molecular complexity index is 178. The summed E-state index contributed by atoms with van der Waals surface area (Å²) in [7, 11) is 0. The lowest BCUT2D eigenvalue weighted by Crippen LogP contribution is -2.53. The highest BCUT2D eigenvalue weighted by molar-refractivity contribution is 5.83.